The Kier molecular flexibility index (Phi) is 6.95. The van der Waals surface area contributed by atoms with Crippen LogP contribution in [0.4, 0.5) is 0 Å². The minimum atomic E-state index is -1.08. The van der Waals surface area contributed by atoms with E-state index in [-0.39, 0.29) is 17.0 Å². The maximum absolute atomic E-state index is 12.6. The van der Waals surface area contributed by atoms with E-state index in [4.69, 9.17) is 9.72 Å². The number of carboxylic acids is 1. The van der Waals surface area contributed by atoms with Crippen LogP contribution < -0.4 is 15.4 Å². The Labute approximate surface area is 194 Å². The molecular weight excluding hydrogens is 420 g/mol. The van der Waals surface area contributed by atoms with Gasteiger partial charge in [-0.15, -0.1) is 0 Å². The standard InChI is InChI=1S/C25H32N4O4/c1-15-10-22(20(24(30)26-3)11-19(15)25(31)32)33-23(14-29-9-8-27-16(2)13-29)21-7-6-18(12-28-21)17-4-5-17/h6-7,10-12,16-17,23,27H,4-5,8-9,13-14H2,1-3H3,(H,26,30)(H,31,32)/t16-,23?/m1/s1. The summed E-state index contributed by atoms with van der Waals surface area (Å²) in [5.41, 5.74) is 2.88. The fraction of sp³-hybridized carbons (Fsp3) is 0.480. The van der Waals surface area contributed by atoms with E-state index in [0.29, 0.717) is 29.8 Å². The van der Waals surface area contributed by atoms with Crippen molar-refractivity contribution < 1.29 is 19.4 Å². The Morgan fingerprint density at radius 3 is 2.70 bits per heavy atom. The molecule has 1 aromatic heterocycles. The minimum Gasteiger partial charge on any atom is -0.482 e. The van der Waals surface area contributed by atoms with Gasteiger partial charge in [-0.3, -0.25) is 14.7 Å². The number of nitrogens with one attached hydrogen (secondary N) is 2. The quantitative estimate of drug-likeness (QED) is 0.566. The maximum atomic E-state index is 12.6. The average Bonchev–Trinajstić information content (AvgIpc) is 3.64. The Balaban J connectivity index is 1.67. The highest BCUT2D eigenvalue weighted by Crippen LogP contribution is 2.40. The van der Waals surface area contributed by atoms with Crippen LogP contribution in [0, 0.1) is 6.92 Å². The molecule has 176 valence electrons. The van der Waals surface area contributed by atoms with Crippen molar-refractivity contribution >= 4 is 11.9 Å². The fourth-order valence-corrected chi connectivity index (χ4v) is 4.34. The SMILES string of the molecule is CNC(=O)c1cc(C(=O)O)c(C)cc1OC(CN1CCN[C@H](C)C1)c1ccc(C2CC2)cn1. The van der Waals surface area contributed by atoms with Gasteiger partial charge in [0.05, 0.1) is 16.8 Å². The Hall–Kier alpha value is -2.97. The lowest BCUT2D eigenvalue weighted by atomic mass is 10.0. The van der Waals surface area contributed by atoms with Gasteiger partial charge in [-0.25, -0.2) is 4.79 Å². The highest BCUT2D eigenvalue weighted by molar-refractivity contribution is 6.00. The molecule has 2 atom stereocenters. The summed E-state index contributed by atoms with van der Waals surface area (Å²) in [6.45, 7) is 7.16. The van der Waals surface area contributed by atoms with E-state index in [1.165, 1.54) is 31.5 Å². The number of aromatic carboxylic acids is 1. The van der Waals surface area contributed by atoms with Gasteiger partial charge in [0.2, 0.25) is 0 Å². The molecule has 0 spiro atoms. The molecule has 0 radical (unpaired) electrons. The van der Waals surface area contributed by atoms with E-state index in [0.717, 1.165) is 25.3 Å². The largest absolute Gasteiger partial charge is 0.482 e. The van der Waals surface area contributed by atoms with Crippen LogP contribution in [0.5, 0.6) is 5.75 Å². The molecule has 8 nitrogen and oxygen atoms in total. The van der Waals surface area contributed by atoms with Gasteiger partial charge in [-0.1, -0.05) is 6.07 Å². The lowest BCUT2D eigenvalue weighted by Gasteiger charge is -2.34. The third-order valence-electron chi connectivity index (χ3n) is 6.36. The number of nitrogens with zero attached hydrogens (tertiary/aromatic N) is 2. The number of rotatable bonds is 8. The van der Waals surface area contributed by atoms with E-state index < -0.39 is 12.1 Å². The molecule has 2 fully saturated rings. The highest BCUT2D eigenvalue weighted by atomic mass is 16.5. The zero-order valence-corrected chi connectivity index (χ0v) is 19.4. The average molecular weight is 453 g/mol. The summed E-state index contributed by atoms with van der Waals surface area (Å²) in [5.74, 6) is -0.490. The first-order valence-electron chi connectivity index (χ1n) is 11.5. The predicted octanol–water partition coefficient (Wildman–Crippen LogP) is 2.74. The first kappa shape index (κ1) is 23.2. The summed E-state index contributed by atoms with van der Waals surface area (Å²) in [6.07, 6.45) is 3.96. The number of aromatic nitrogens is 1. The van der Waals surface area contributed by atoms with Crippen LogP contribution in [-0.2, 0) is 0 Å². The number of pyridine rings is 1. The Morgan fingerprint density at radius 1 is 1.30 bits per heavy atom. The van der Waals surface area contributed by atoms with Crippen molar-refractivity contribution in [3.63, 3.8) is 0 Å². The van der Waals surface area contributed by atoms with Gasteiger partial charge >= 0.3 is 5.97 Å². The topological polar surface area (TPSA) is 104 Å². The Bertz CT molecular complexity index is 1020. The number of carbonyl (C=O) groups is 2. The summed E-state index contributed by atoms with van der Waals surface area (Å²) in [5, 5.41) is 15.6. The van der Waals surface area contributed by atoms with Crippen LogP contribution in [0.3, 0.4) is 0 Å². The molecule has 1 unspecified atom stereocenters. The molecule has 8 heteroatoms. The number of amides is 1. The molecular formula is C25H32N4O4. The second-order valence-corrected chi connectivity index (χ2v) is 9.06. The van der Waals surface area contributed by atoms with Gasteiger partial charge in [0.15, 0.2) is 6.10 Å². The van der Waals surface area contributed by atoms with Crippen molar-refractivity contribution in [1.82, 2.24) is 20.5 Å². The van der Waals surface area contributed by atoms with Crippen LogP contribution >= 0.6 is 0 Å². The number of hydrogen-bond acceptors (Lipinski definition) is 6. The van der Waals surface area contributed by atoms with Crippen LogP contribution in [-0.4, -0.2) is 66.1 Å². The van der Waals surface area contributed by atoms with Crippen molar-refractivity contribution in [2.75, 3.05) is 33.2 Å². The minimum absolute atomic E-state index is 0.0836. The van der Waals surface area contributed by atoms with Gasteiger partial charge in [0.1, 0.15) is 5.75 Å². The van der Waals surface area contributed by atoms with E-state index in [1.807, 2.05) is 12.3 Å². The molecule has 33 heavy (non-hydrogen) atoms. The van der Waals surface area contributed by atoms with Crippen LogP contribution in [0.15, 0.2) is 30.5 Å². The molecule has 1 saturated carbocycles. The predicted molar refractivity (Wildman–Crippen MR) is 125 cm³/mol. The van der Waals surface area contributed by atoms with E-state index in [1.54, 1.807) is 13.0 Å². The number of ether oxygens (including phenoxy) is 1. The molecule has 1 amide bonds. The smallest absolute Gasteiger partial charge is 0.335 e. The third-order valence-corrected chi connectivity index (χ3v) is 6.36. The van der Waals surface area contributed by atoms with Gasteiger partial charge in [0, 0.05) is 45.5 Å². The van der Waals surface area contributed by atoms with Gasteiger partial charge in [0.25, 0.3) is 5.91 Å². The number of carboxylic acid groups (broad SMARTS) is 1. The molecule has 2 aromatic rings. The molecule has 1 saturated heterocycles. The van der Waals surface area contributed by atoms with E-state index in [9.17, 15) is 14.7 Å². The van der Waals surface area contributed by atoms with Crippen molar-refractivity contribution in [2.24, 2.45) is 0 Å². The van der Waals surface area contributed by atoms with Crippen molar-refractivity contribution in [1.29, 1.82) is 0 Å². The third kappa shape index (κ3) is 5.51. The zero-order chi connectivity index (χ0) is 23.5. The zero-order valence-electron chi connectivity index (χ0n) is 19.4. The van der Waals surface area contributed by atoms with E-state index >= 15 is 0 Å². The number of carbonyl (C=O) groups excluding carboxylic acids is 1. The first-order chi connectivity index (χ1) is 15.9. The maximum Gasteiger partial charge on any atom is 0.335 e. The van der Waals surface area contributed by atoms with Crippen molar-refractivity contribution in [3.05, 3.63) is 58.4 Å². The lowest BCUT2D eigenvalue weighted by molar-refractivity contribution is 0.0696. The second-order valence-electron chi connectivity index (χ2n) is 9.06. The Morgan fingerprint density at radius 2 is 2.09 bits per heavy atom. The van der Waals surface area contributed by atoms with E-state index in [2.05, 4.69) is 28.5 Å². The van der Waals surface area contributed by atoms with Gasteiger partial charge < -0.3 is 20.5 Å². The molecule has 3 N–H and O–H groups in total. The van der Waals surface area contributed by atoms with Crippen molar-refractivity contribution in [2.45, 2.75) is 44.8 Å². The van der Waals surface area contributed by atoms with Gasteiger partial charge in [-0.2, -0.15) is 0 Å². The number of piperazine rings is 1. The van der Waals surface area contributed by atoms with Crippen LogP contribution in [0.2, 0.25) is 0 Å². The van der Waals surface area contributed by atoms with Crippen molar-refractivity contribution in [3.8, 4) is 5.75 Å². The summed E-state index contributed by atoms with van der Waals surface area (Å²) >= 11 is 0. The van der Waals surface area contributed by atoms with Crippen LogP contribution in [0.25, 0.3) is 0 Å². The number of benzene rings is 1. The molecule has 1 aromatic carbocycles. The number of aryl methyl sites for hydroxylation is 1. The molecule has 0 bridgehead atoms. The molecule has 4 rings (SSSR count). The van der Waals surface area contributed by atoms with Gasteiger partial charge in [-0.05, 0) is 61.9 Å². The monoisotopic (exact) mass is 452 g/mol. The summed E-state index contributed by atoms with van der Waals surface area (Å²) in [4.78, 5) is 31.3. The number of hydrogen-bond donors (Lipinski definition) is 3. The lowest BCUT2D eigenvalue weighted by Crippen LogP contribution is -2.50. The molecule has 1 aliphatic carbocycles. The summed E-state index contributed by atoms with van der Waals surface area (Å²) < 4.78 is 6.45. The summed E-state index contributed by atoms with van der Waals surface area (Å²) in [7, 11) is 1.52. The molecule has 1 aliphatic heterocycles. The fourth-order valence-electron chi connectivity index (χ4n) is 4.34. The highest BCUT2D eigenvalue weighted by Gasteiger charge is 2.27. The molecule has 2 aliphatic rings. The first-order valence-corrected chi connectivity index (χ1v) is 11.5. The second kappa shape index (κ2) is 9.89. The van der Waals surface area contributed by atoms with Crippen LogP contribution in [0.1, 0.15) is 69.3 Å². The molecule has 2 heterocycles. The normalized spacial score (nSPS) is 19.7. The summed E-state index contributed by atoms with van der Waals surface area (Å²) in [6, 6.07) is 7.54.